The number of anilines is 1. The summed E-state index contributed by atoms with van der Waals surface area (Å²) in [6.07, 6.45) is 0. The third-order valence-electron chi connectivity index (χ3n) is 4.59. The Labute approximate surface area is 200 Å². The summed E-state index contributed by atoms with van der Waals surface area (Å²) in [5.74, 6) is -2.40. The summed E-state index contributed by atoms with van der Waals surface area (Å²) in [6, 6.07) is 10.2. The molecule has 4 aromatic rings. The number of ether oxygens (including phenoxy) is 1. The quantitative estimate of drug-likeness (QED) is 0.370. The maximum atomic E-state index is 14.2. The highest BCUT2D eigenvalue weighted by molar-refractivity contribution is 7.16. The van der Waals surface area contributed by atoms with E-state index in [2.05, 4.69) is 10.4 Å². The maximum absolute atomic E-state index is 14.2. The first kappa shape index (κ1) is 22.9. The van der Waals surface area contributed by atoms with E-state index in [9.17, 15) is 18.8 Å². The van der Waals surface area contributed by atoms with Gasteiger partial charge in [-0.25, -0.2) is 9.18 Å². The van der Waals surface area contributed by atoms with Crippen molar-refractivity contribution in [1.29, 1.82) is 0 Å². The Morgan fingerprint density at radius 3 is 2.67 bits per heavy atom. The van der Waals surface area contributed by atoms with Crippen molar-refractivity contribution in [3.05, 3.63) is 85.3 Å². The average Bonchev–Trinajstić information content (AvgIpc) is 3.18. The van der Waals surface area contributed by atoms with E-state index in [-0.39, 0.29) is 38.7 Å². The van der Waals surface area contributed by atoms with Crippen molar-refractivity contribution in [2.75, 3.05) is 11.9 Å². The Morgan fingerprint density at radius 1 is 1.21 bits per heavy atom. The van der Waals surface area contributed by atoms with E-state index in [1.807, 2.05) is 0 Å². The number of halogens is 3. The molecule has 0 atom stereocenters. The van der Waals surface area contributed by atoms with Crippen LogP contribution in [0, 0.1) is 5.82 Å². The standard InChI is InChI=1S/C22H14Cl2FN3O4S/c1-2-32-22(31)18-13-10-33-20(26-19(29)17-14(24)7-4-8-15(17)25)16(13)21(30)28(27-18)12-6-3-5-11(23)9-12/h3-10H,2H2,1H3,(H,26,29). The second-order valence-corrected chi connectivity index (χ2v) is 8.39. The van der Waals surface area contributed by atoms with Crippen LogP contribution in [0.4, 0.5) is 9.39 Å². The molecule has 2 heterocycles. The molecule has 0 aliphatic heterocycles. The molecule has 0 aliphatic carbocycles. The SMILES string of the molecule is CCOC(=O)c1nn(-c2cccc(Cl)c2)c(=O)c2c(NC(=O)c3c(F)cccc3Cl)scc12. The first-order chi connectivity index (χ1) is 15.8. The number of aromatic nitrogens is 2. The number of rotatable bonds is 5. The molecule has 0 fully saturated rings. The smallest absolute Gasteiger partial charge is 0.359 e. The number of esters is 1. The zero-order valence-corrected chi connectivity index (χ0v) is 19.2. The molecule has 1 amide bonds. The zero-order valence-electron chi connectivity index (χ0n) is 16.9. The predicted octanol–water partition coefficient (Wildman–Crippen LogP) is 5.32. The van der Waals surface area contributed by atoms with Crippen molar-refractivity contribution in [3.8, 4) is 5.69 Å². The van der Waals surface area contributed by atoms with Gasteiger partial charge in [-0.1, -0.05) is 35.3 Å². The molecule has 2 aromatic heterocycles. The van der Waals surface area contributed by atoms with Gasteiger partial charge in [0.2, 0.25) is 0 Å². The normalized spacial score (nSPS) is 10.9. The molecule has 168 valence electrons. The second kappa shape index (κ2) is 9.30. The van der Waals surface area contributed by atoms with Crippen LogP contribution < -0.4 is 10.9 Å². The highest BCUT2D eigenvalue weighted by atomic mass is 35.5. The Kier molecular flexibility index (Phi) is 6.46. The largest absolute Gasteiger partial charge is 0.461 e. The van der Waals surface area contributed by atoms with Gasteiger partial charge >= 0.3 is 5.97 Å². The lowest BCUT2D eigenvalue weighted by atomic mass is 10.2. The van der Waals surface area contributed by atoms with Gasteiger partial charge in [0.25, 0.3) is 11.5 Å². The number of hydrogen-bond donors (Lipinski definition) is 1. The van der Waals surface area contributed by atoms with Crippen LogP contribution in [0.2, 0.25) is 10.0 Å². The van der Waals surface area contributed by atoms with Crippen LogP contribution in [-0.2, 0) is 4.74 Å². The third-order valence-corrected chi connectivity index (χ3v) is 6.04. The molecule has 0 saturated carbocycles. The number of benzene rings is 2. The molecule has 1 N–H and O–H groups in total. The maximum Gasteiger partial charge on any atom is 0.359 e. The molecule has 2 aromatic carbocycles. The summed E-state index contributed by atoms with van der Waals surface area (Å²) < 4.78 is 20.3. The number of nitrogens with one attached hydrogen (secondary N) is 1. The second-order valence-electron chi connectivity index (χ2n) is 6.67. The van der Waals surface area contributed by atoms with Gasteiger partial charge < -0.3 is 10.1 Å². The highest BCUT2D eigenvalue weighted by Crippen LogP contribution is 2.32. The Hall–Kier alpha value is -3.27. The van der Waals surface area contributed by atoms with E-state index in [0.717, 1.165) is 22.1 Å². The van der Waals surface area contributed by atoms with E-state index >= 15 is 0 Å². The Balaban J connectivity index is 1.91. The summed E-state index contributed by atoms with van der Waals surface area (Å²) in [7, 11) is 0. The first-order valence-electron chi connectivity index (χ1n) is 9.54. The van der Waals surface area contributed by atoms with Crippen LogP contribution in [0.15, 0.2) is 52.6 Å². The fourth-order valence-corrected chi connectivity index (χ4v) is 4.52. The van der Waals surface area contributed by atoms with Crippen LogP contribution in [-0.4, -0.2) is 28.3 Å². The van der Waals surface area contributed by atoms with Crippen molar-refractivity contribution in [2.45, 2.75) is 6.92 Å². The van der Waals surface area contributed by atoms with Crippen molar-refractivity contribution < 1.29 is 18.7 Å². The van der Waals surface area contributed by atoms with Gasteiger partial charge in [-0.05, 0) is 37.3 Å². The first-order valence-corrected chi connectivity index (χ1v) is 11.2. The van der Waals surface area contributed by atoms with Crippen molar-refractivity contribution in [2.24, 2.45) is 0 Å². The number of thiophene rings is 1. The van der Waals surface area contributed by atoms with Crippen LogP contribution in [0.3, 0.4) is 0 Å². The van der Waals surface area contributed by atoms with Gasteiger partial charge in [-0.15, -0.1) is 11.3 Å². The lowest BCUT2D eigenvalue weighted by Crippen LogP contribution is -2.25. The number of carbonyl (C=O) groups is 2. The predicted molar refractivity (Wildman–Crippen MR) is 126 cm³/mol. The Bertz CT molecular complexity index is 1450. The molecule has 7 nitrogen and oxygen atoms in total. The third kappa shape index (κ3) is 4.35. The molecule has 0 spiro atoms. The van der Waals surface area contributed by atoms with E-state index in [1.54, 1.807) is 25.1 Å². The number of nitrogens with zero attached hydrogens (tertiary/aromatic N) is 2. The lowest BCUT2D eigenvalue weighted by Gasteiger charge is -2.10. The zero-order chi connectivity index (χ0) is 23.7. The topological polar surface area (TPSA) is 90.3 Å². The highest BCUT2D eigenvalue weighted by Gasteiger charge is 2.24. The fourth-order valence-electron chi connectivity index (χ4n) is 3.16. The van der Waals surface area contributed by atoms with E-state index in [4.69, 9.17) is 27.9 Å². The molecule has 4 rings (SSSR count). The van der Waals surface area contributed by atoms with Gasteiger partial charge in [-0.2, -0.15) is 9.78 Å². The van der Waals surface area contributed by atoms with Crippen molar-refractivity contribution in [1.82, 2.24) is 9.78 Å². The average molecular weight is 506 g/mol. The van der Waals surface area contributed by atoms with Gasteiger partial charge in [0.1, 0.15) is 10.8 Å². The summed E-state index contributed by atoms with van der Waals surface area (Å²) in [5, 5.41) is 8.79. The summed E-state index contributed by atoms with van der Waals surface area (Å²) >= 11 is 13.0. The molecule has 0 bridgehead atoms. The molecule has 0 radical (unpaired) electrons. The molecule has 33 heavy (non-hydrogen) atoms. The van der Waals surface area contributed by atoms with E-state index in [1.165, 1.54) is 23.6 Å². The van der Waals surface area contributed by atoms with Gasteiger partial charge in [-0.3, -0.25) is 9.59 Å². The molecule has 0 unspecified atom stereocenters. The molecule has 0 aliphatic rings. The summed E-state index contributed by atoms with van der Waals surface area (Å²) in [5.41, 5.74) is -0.792. The number of amides is 1. The van der Waals surface area contributed by atoms with Crippen molar-refractivity contribution >= 4 is 62.2 Å². The minimum atomic E-state index is -0.843. The lowest BCUT2D eigenvalue weighted by molar-refractivity contribution is 0.0520. The minimum Gasteiger partial charge on any atom is -0.461 e. The molecular formula is C22H14Cl2FN3O4S. The molecule has 11 heteroatoms. The minimum absolute atomic E-state index is 0.0128. The number of carbonyl (C=O) groups excluding carboxylic acids is 2. The number of hydrogen-bond acceptors (Lipinski definition) is 6. The van der Waals surface area contributed by atoms with E-state index in [0.29, 0.717) is 10.7 Å². The Morgan fingerprint density at radius 2 is 1.97 bits per heavy atom. The summed E-state index contributed by atoms with van der Waals surface area (Å²) in [4.78, 5) is 38.7. The molecular weight excluding hydrogens is 492 g/mol. The fraction of sp³-hybridized carbons (Fsp3) is 0.0909. The van der Waals surface area contributed by atoms with E-state index < -0.39 is 23.3 Å². The van der Waals surface area contributed by atoms with Crippen molar-refractivity contribution in [3.63, 3.8) is 0 Å². The summed E-state index contributed by atoms with van der Waals surface area (Å²) in [6.45, 7) is 1.73. The van der Waals surface area contributed by atoms with Gasteiger partial charge in [0.15, 0.2) is 5.69 Å². The van der Waals surface area contributed by atoms with Gasteiger partial charge in [0.05, 0.1) is 28.3 Å². The van der Waals surface area contributed by atoms with Gasteiger partial charge in [0, 0.05) is 15.8 Å². The van der Waals surface area contributed by atoms with Crippen LogP contribution in [0.1, 0.15) is 27.8 Å². The van der Waals surface area contributed by atoms with Crippen LogP contribution in [0.5, 0.6) is 0 Å². The molecule has 0 saturated heterocycles. The van der Waals surface area contributed by atoms with Crippen LogP contribution in [0.25, 0.3) is 16.5 Å². The number of fused-ring (bicyclic) bond motifs is 1. The monoisotopic (exact) mass is 505 g/mol. The van der Waals surface area contributed by atoms with Crippen LogP contribution >= 0.6 is 34.5 Å².